The zero-order valence-corrected chi connectivity index (χ0v) is 15.3. The summed E-state index contributed by atoms with van der Waals surface area (Å²) in [5.41, 5.74) is 0. The molecule has 1 aromatic heterocycles. The van der Waals surface area contributed by atoms with E-state index < -0.39 is 0 Å². The van der Waals surface area contributed by atoms with Gasteiger partial charge in [0.15, 0.2) is 5.96 Å². The van der Waals surface area contributed by atoms with E-state index in [-0.39, 0.29) is 0 Å². The molecule has 0 aliphatic carbocycles. The molecule has 1 fully saturated rings. The molecule has 1 aliphatic heterocycles. The summed E-state index contributed by atoms with van der Waals surface area (Å²) >= 11 is 0. The van der Waals surface area contributed by atoms with Crippen LogP contribution in [0.5, 0.6) is 0 Å². The number of nitrogens with one attached hydrogen (secondary N) is 2. The van der Waals surface area contributed by atoms with E-state index in [1.807, 2.05) is 0 Å². The lowest BCUT2D eigenvalue weighted by atomic mass is 10.1. The van der Waals surface area contributed by atoms with Gasteiger partial charge in [0.1, 0.15) is 0 Å². The Morgan fingerprint density at radius 3 is 2.50 bits per heavy atom. The Balaban J connectivity index is 1.54. The first-order valence-corrected chi connectivity index (χ1v) is 9.74. The summed E-state index contributed by atoms with van der Waals surface area (Å²) in [7, 11) is 0. The van der Waals surface area contributed by atoms with Crippen LogP contribution in [0.15, 0.2) is 29.5 Å². The fourth-order valence-electron chi connectivity index (χ4n) is 3.16. The third-order valence-electron chi connectivity index (χ3n) is 4.52. The SMILES string of the molecule is CCNC(=NCCCCCN1CCCCC1)NCCn1cccc1. The number of aliphatic imine (C=N–C) groups is 1. The monoisotopic (exact) mass is 333 g/mol. The van der Waals surface area contributed by atoms with Gasteiger partial charge >= 0.3 is 0 Å². The number of hydrogen-bond donors (Lipinski definition) is 2. The Morgan fingerprint density at radius 1 is 0.958 bits per heavy atom. The highest BCUT2D eigenvalue weighted by Crippen LogP contribution is 2.09. The number of rotatable bonds is 10. The van der Waals surface area contributed by atoms with Crippen molar-refractivity contribution in [2.45, 2.75) is 52.0 Å². The van der Waals surface area contributed by atoms with Gasteiger partial charge in [-0.1, -0.05) is 12.8 Å². The summed E-state index contributed by atoms with van der Waals surface area (Å²) in [6.45, 7) is 9.70. The normalized spacial score (nSPS) is 16.3. The first kappa shape index (κ1) is 18.8. The average molecular weight is 334 g/mol. The van der Waals surface area contributed by atoms with E-state index in [1.165, 1.54) is 58.2 Å². The molecule has 24 heavy (non-hydrogen) atoms. The molecule has 0 amide bonds. The van der Waals surface area contributed by atoms with Crippen LogP contribution in [0.2, 0.25) is 0 Å². The van der Waals surface area contributed by atoms with Gasteiger partial charge in [0, 0.05) is 38.6 Å². The molecule has 1 aromatic rings. The minimum atomic E-state index is 0.898. The molecule has 136 valence electrons. The maximum absolute atomic E-state index is 4.69. The van der Waals surface area contributed by atoms with Crippen molar-refractivity contribution in [2.75, 3.05) is 39.3 Å². The molecular formula is C19H35N5. The average Bonchev–Trinajstić information content (AvgIpc) is 3.12. The summed E-state index contributed by atoms with van der Waals surface area (Å²) in [6.07, 6.45) is 12.2. The standard InChI is InChI=1S/C19H35N5/c1-2-20-19(22-12-18-24-16-9-10-17-24)21-11-5-3-6-13-23-14-7-4-8-15-23/h9-10,16-17H,2-8,11-15,18H2,1H3,(H2,20,21,22). The molecule has 2 heterocycles. The molecule has 5 nitrogen and oxygen atoms in total. The van der Waals surface area contributed by atoms with Crippen LogP contribution in [-0.2, 0) is 6.54 Å². The van der Waals surface area contributed by atoms with E-state index in [1.54, 1.807) is 0 Å². The molecule has 5 heteroatoms. The van der Waals surface area contributed by atoms with E-state index >= 15 is 0 Å². The van der Waals surface area contributed by atoms with Gasteiger partial charge in [-0.2, -0.15) is 0 Å². The number of aromatic nitrogens is 1. The maximum Gasteiger partial charge on any atom is 0.191 e. The minimum absolute atomic E-state index is 0.898. The van der Waals surface area contributed by atoms with E-state index in [2.05, 4.69) is 56.5 Å². The molecule has 0 bridgehead atoms. The molecular weight excluding hydrogens is 298 g/mol. The zero-order valence-electron chi connectivity index (χ0n) is 15.3. The lowest BCUT2D eigenvalue weighted by Gasteiger charge is -2.26. The van der Waals surface area contributed by atoms with E-state index in [0.717, 1.165) is 32.1 Å². The summed E-state index contributed by atoms with van der Waals surface area (Å²) in [5.74, 6) is 0.945. The Bertz CT molecular complexity index is 435. The van der Waals surface area contributed by atoms with Crippen LogP contribution in [0.4, 0.5) is 0 Å². The van der Waals surface area contributed by atoms with Gasteiger partial charge in [-0.25, -0.2) is 0 Å². The molecule has 0 saturated carbocycles. The van der Waals surface area contributed by atoms with E-state index in [9.17, 15) is 0 Å². The van der Waals surface area contributed by atoms with Crippen LogP contribution in [0, 0.1) is 0 Å². The van der Waals surface area contributed by atoms with Gasteiger partial charge in [-0.05, 0) is 64.4 Å². The molecule has 2 N–H and O–H groups in total. The molecule has 1 saturated heterocycles. The molecule has 0 radical (unpaired) electrons. The molecule has 0 atom stereocenters. The van der Waals surface area contributed by atoms with Crippen LogP contribution >= 0.6 is 0 Å². The topological polar surface area (TPSA) is 44.6 Å². The summed E-state index contributed by atoms with van der Waals surface area (Å²) < 4.78 is 2.18. The number of nitrogens with zero attached hydrogens (tertiary/aromatic N) is 3. The molecule has 2 rings (SSSR count). The fraction of sp³-hybridized carbons (Fsp3) is 0.737. The number of guanidine groups is 1. The Kier molecular flexibility index (Phi) is 9.39. The molecule has 0 aromatic carbocycles. The highest BCUT2D eigenvalue weighted by atomic mass is 15.2. The Hall–Kier alpha value is -1.49. The van der Waals surface area contributed by atoms with Crippen molar-refractivity contribution < 1.29 is 0 Å². The summed E-state index contributed by atoms with van der Waals surface area (Å²) in [5, 5.41) is 6.74. The second kappa shape index (κ2) is 12.0. The maximum atomic E-state index is 4.69. The zero-order chi connectivity index (χ0) is 16.9. The number of likely N-dealkylation sites (tertiary alicyclic amines) is 1. The first-order valence-electron chi connectivity index (χ1n) is 9.74. The second-order valence-electron chi connectivity index (χ2n) is 6.57. The number of piperidine rings is 1. The van der Waals surface area contributed by atoms with Crippen molar-refractivity contribution in [3.63, 3.8) is 0 Å². The van der Waals surface area contributed by atoms with Crippen molar-refractivity contribution in [2.24, 2.45) is 4.99 Å². The van der Waals surface area contributed by atoms with Crippen molar-refractivity contribution in [1.82, 2.24) is 20.1 Å². The van der Waals surface area contributed by atoms with Gasteiger partial charge in [0.25, 0.3) is 0 Å². The Morgan fingerprint density at radius 2 is 1.75 bits per heavy atom. The van der Waals surface area contributed by atoms with Gasteiger partial charge in [-0.3, -0.25) is 4.99 Å². The quantitative estimate of drug-likeness (QED) is 0.393. The fourth-order valence-corrected chi connectivity index (χ4v) is 3.16. The third-order valence-corrected chi connectivity index (χ3v) is 4.52. The van der Waals surface area contributed by atoms with E-state index in [4.69, 9.17) is 0 Å². The molecule has 1 aliphatic rings. The van der Waals surface area contributed by atoms with Crippen LogP contribution in [0.25, 0.3) is 0 Å². The highest BCUT2D eigenvalue weighted by molar-refractivity contribution is 5.79. The lowest BCUT2D eigenvalue weighted by Crippen LogP contribution is -2.38. The van der Waals surface area contributed by atoms with Crippen molar-refractivity contribution in [3.8, 4) is 0 Å². The summed E-state index contributed by atoms with van der Waals surface area (Å²) in [6, 6.07) is 4.12. The highest BCUT2D eigenvalue weighted by Gasteiger charge is 2.08. The predicted molar refractivity (Wildman–Crippen MR) is 103 cm³/mol. The van der Waals surface area contributed by atoms with Crippen LogP contribution in [-0.4, -0.2) is 54.7 Å². The second-order valence-corrected chi connectivity index (χ2v) is 6.57. The van der Waals surface area contributed by atoms with Gasteiger partial charge in [-0.15, -0.1) is 0 Å². The minimum Gasteiger partial charge on any atom is -0.357 e. The first-order chi connectivity index (χ1) is 11.9. The van der Waals surface area contributed by atoms with Crippen LogP contribution < -0.4 is 10.6 Å². The lowest BCUT2D eigenvalue weighted by molar-refractivity contribution is 0.224. The van der Waals surface area contributed by atoms with Gasteiger partial charge in [0.05, 0.1) is 0 Å². The van der Waals surface area contributed by atoms with E-state index in [0.29, 0.717) is 0 Å². The summed E-state index contributed by atoms with van der Waals surface area (Å²) in [4.78, 5) is 7.31. The van der Waals surface area contributed by atoms with Crippen molar-refractivity contribution in [3.05, 3.63) is 24.5 Å². The molecule has 0 spiro atoms. The Labute approximate surface area is 147 Å². The van der Waals surface area contributed by atoms with Gasteiger partial charge in [0.2, 0.25) is 0 Å². The number of unbranched alkanes of at least 4 members (excludes halogenated alkanes) is 2. The van der Waals surface area contributed by atoms with Crippen molar-refractivity contribution >= 4 is 5.96 Å². The molecule has 0 unspecified atom stereocenters. The van der Waals surface area contributed by atoms with Crippen LogP contribution in [0.3, 0.4) is 0 Å². The van der Waals surface area contributed by atoms with Gasteiger partial charge < -0.3 is 20.1 Å². The smallest absolute Gasteiger partial charge is 0.191 e. The van der Waals surface area contributed by atoms with Crippen molar-refractivity contribution in [1.29, 1.82) is 0 Å². The number of hydrogen-bond acceptors (Lipinski definition) is 2. The third kappa shape index (κ3) is 7.86. The largest absolute Gasteiger partial charge is 0.357 e. The predicted octanol–water partition coefficient (Wildman–Crippen LogP) is 2.70. The van der Waals surface area contributed by atoms with Crippen LogP contribution in [0.1, 0.15) is 45.4 Å².